The first kappa shape index (κ1) is 17.7. The zero-order valence-electron chi connectivity index (χ0n) is 14.0. The Morgan fingerprint density at radius 3 is 2.50 bits per heavy atom. The van der Waals surface area contributed by atoms with Crippen LogP contribution in [0.15, 0.2) is 47.1 Å². The van der Waals surface area contributed by atoms with E-state index in [0.717, 1.165) is 0 Å². The summed E-state index contributed by atoms with van der Waals surface area (Å²) in [5, 5.41) is 15.4. The number of rotatable bonds is 5. The minimum absolute atomic E-state index is 0.00784. The molecule has 1 atom stereocenters. The van der Waals surface area contributed by atoms with Crippen molar-refractivity contribution in [3.8, 4) is 0 Å². The summed E-state index contributed by atoms with van der Waals surface area (Å²) < 4.78 is 5.09. The summed E-state index contributed by atoms with van der Waals surface area (Å²) in [6.45, 7) is 5.40. The van der Waals surface area contributed by atoms with Gasteiger partial charge in [0.2, 0.25) is 5.91 Å². The van der Waals surface area contributed by atoms with E-state index >= 15 is 0 Å². The fourth-order valence-corrected chi connectivity index (χ4v) is 1.97. The summed E-state index contributed by atoms with van der Waals surface area (Å²) in [5.74, 6) is -0.187. The zero-order chi connectivity index (χ0) is 17.7. The molecule has 0 aliphatic rings. The number of nitrogens with one attached hydrogen (secondary N) is 2. The predicted octanol–water partition coefficient (Wildman–Crippen LogP) is 2.73. The standard InChI is InChI=1S/C18H22N2O4/c1-18(2,3)17(23)20-13-8-5-4-7-12(13)16(22)19-11-14(21)15-9-6-10-24-15/h4-10,14,21H,11H2,1-3H3,(H,19,22)(H,20,23). The van der Waals surface area contributed by atoms with Crippen molar-refractivity contribution in [1.29, 1.82) is 0 Å². The zero-order valence-corrected chi connectivity index (χ0v) is 14.0. The monoisotopic (exact) mass is 330 g/mol. The van der Waals surface area contributed by atoms with Crippen LogP contribution in [0.4, 0.5) is 5.69 Å². The lowest BCUT2D eigenvalue weighted by atomic mass is 9.95. The molecule has 0 fully saturated rings. The Kier molecular flexibility index (Phi) is 5.41. The van der Waals surface area contributed by atoms with Gasteiger partial charge in [-0.1, -0.05) is 32.9 Å². The van der Waals surface area contributed by atoms with Gasteiger partial charge in [-0.25, -0.2) is 0 Å². The van der Waals surface area contributed by atoms with Gasteiger partial charge in [-0.15, -0.1) is 0 Å². The van der Waals surface area contributed by atoms with Crippen molar-refractivity contribution in [1.82, 2.24) is 5.32 Å². The smallest absolute Gasteiger partial charge is 0.253 e. The largest absolute Gasteiger partial charge is 0.467 e. The average Bonchev–Trinajstić information content (AvgIpc) is 3.06. The molecule has 2 aromatic rings. The third-order valence-corrected chi connectivity index (χ3v) is 3.43. The quantitative estimate of drug-likeness (QED) is 0.786. The maximum Gasteiger partial charge on any atom is 0.253 e. The van der Waals surface area contributed by atoms with Crippen molar-refractivity contribution in [3.05, 3.63) is 54.0 Å². The minimum atomic E-state index is -0.930. The summed E-state index contributed by atoms with van der Waals surface area (Å²) in [5.41, 5.74) is 0.197. The van der Waals surface area contributed by atoms with Crippen LogP contribution in [-0.4, -0.2) is 23.5 Å². The first-order valence-corrected chi connectivity index (χ1v) is 7.69. The van der Waals surface area contributed by atoms with E-state index in [1.54, 1.807) is 57.2 Å². The van der Waals surface area contributed by atoms with Gasteiger partial charge in [0.05, 0.1) is 24.1 Å². The molecular formula is C18H22N2O4. The number of furan rings is 1. The highest BCUT2D eigenvalue weighted by Gasteiger charge is 2.23. The molecule has 6 heteroatoms. The maximum absolute atomic E-state index is 12.4. The fourth-order valence-electron chi connectivity index (χ4n) is 1.97. The Labute approximate surface area is 140 Å². The van der Waals surface area contributed by atoms with Crippen LogP contribution in [0.25, 0.3) is 0 Å². The van der Waals surface area contributed by atoms with Gasteiger partial charge in [0.1, 0.15) is 11.9 Å². The van der Waals surface area contributed by atoms with Gasteiger partial charge in [-0.2, -0.15) is 0 Å². The fraction of sp³-hybridized carbons (Fsp3) is 0.333. The molecule has 1 aromatic carbocycles. The molecule has 0 saturated carbocycles. The molecule has 0 radical (unpaired) electrons. The van der Waals surface area contributed by atoms with Crippen LogP contribution in [0, 0.1) is 5.41 Å². The Morgan fingerprint density at radius 2 is 1.88 bits per heavy atom. The lowest BCUT2D eigenvalue weighted by Gasteiger charge is -2.19. The Hall–Kier alpha value is -2.60. The first-order valence-electron chi connectivity index (χ1n) is 7.69. The molecule has 3 N–H and O–H groups in total. The Bertz CT molecular complexity index is 702. The van der Waals surface area contributed by atoms with Crippen molar-refractivity contribution in [3.63, 3.8) is 0 Å². The van der Waals surface area contributed by atoms with Crippen LogP contribution in [0.1, 0.15) is 43.0 Å². The lowest BCUT2D eigenvalue weighted by Crippen LogP contribution is -2.31. The van der Waals surface area contributed by atoms with Crippen molar-refractivity contribution in [2.45, 2.75) is 26.9 Å². The highest BCUT2D eigenvalue weighted by atomic mass is 16.4. The van der Waals surface area contributed by atoms with E-state index in [1.807, 2.05) is 0 Å². The second kappa shape index (κ2) is 7.31. The third-order valence-electron chi connectivity index (χ3n) is 3.43. The number of amides is 2. The van der Waals surface area contributed by atoms with Crippen molar-refractivity contribution in [2.24, 2.45) is 5.41 Å². The Morgan fingerprint density at radius 1 is 1.17 bits per heavy atom. The van der Waals surface area contributed by atoms with E-state index in [9.17, 15) is 14.7 Å². The average molecular weight is 330 g/mol. The number of carbonyl (C=O) groups is 2. The van der Waals surface area contributed by atoms with E-state index in [1.165, 1.54) is 6.26 Å². The molecule has 24 heavy (non-hydrogen) atoms. The van der Waals surface area contributed by atoms with E-state index in [2.05, 4.69) is 10.6 Å². The normalized spacial score (nSPS) is 12.5. The molecule has 0 aliphatic carbocycles. The third kappa shape index (κ3) is 4.45. The van der Waals surface area contributed by atoms with Crippen LogP contribution >= 0.6 is 0 Å². The number of hydrogen-bond acceptors (Lipinski definition) is 4. The van der Waals surface area contributed by atoms with Gasteiger partial charge in [0.15, 0.2) is 0 Å². The molecule has 1 aromatic heterocycles. The number of carbonyl (C=O) groups excluding carboxylic acids is 2. The number of anilines is 1. The van der Waals surface area contributed by atoms with Crippen molar-refractivity contribution >= 4 is 17.5 Å². The SMILES string of the molecule is CC(C)(C)C(=O)Nc1ccccc1C(=O)NCC(O)c1ccco1. The highest BCUT2D eigenvalue weighted by Crippen LogP contribution is 2.21. The van der Waals surface area contributed by atoms with Crippen LogP contribution in [-0.2, 0) is 4.79 Å². The molecule has 6 nitrogen and oxygen atoms in total. The molecular weight excluding hydrogens is 308 g/mol. The van der Waals surface area contributed by atoms with E-state index in [0.29, 0.717) is 17.0 Å². The Balaban J connectivity index is 2.05. The second-order valence-electron chi connectivity index (χ2n) is 6.49. The van der Waals surface area contributed by atoms with Crippen molar-refractivity contribution in [2.75, 3.05) is 11.9 Å². The molecule has 0 aliphatic heterocycles. The number of aliphatic hydroxyl groups is 1. The maximum atomic E-state index is 12.4. The second-order valence-corrected chi connectivity index (χ2v) is 6.49. The van der Waals surface area contributed by atoms with Gasteiger partial charge in [0, 0.05) is 5.41 Å². The van der Waals surface area contributed by atoms with Crippen molar-refractivity contribution < 1.29 is 19.1 Å². The summed E-state index contributed by atoms with van der Waals surface area (Å²) in [7, 11) is 0. The molecule has 1 heterocycles. The number of para-hydroxylation sites is 1. The summed E-state index contributed by atoms with van der Waals surface area (Å²) in [6, 6.07) is 10.0. The predicted molar refractivity (Wildman–Crippen MR) is 90.5 cm³/mol. The topological polar surface area (TPSA) is 91.6 Å². The van der Waals surface area contributed by atoms with E-state index < -0.39 is 11.5 Å². The molecule has 128 valence electrons. The lowest BCUT2D eigenvalue weighted by molar-refractivity contribution is -0.123. The van der Waals surface area contributed by atoms with Crippen LogP contribution < -0.4 is 10.6 Å². The molecule has 0 spiro atoms. The molecule has 0 saturated heterocycles. The summed E-state index contributed by atoms with van der Waals surface area (Å²) in [6.07, 6.45) is 0.526. The summed E-state index contributed by atoms with van der Waals surface area (Å²) in [4.78, 5) is 24.5. The molecule has 2 amide bonds. The van der Waals surface area contributed by atoms with Gasteiger partial charge in [-0.3, -0.25) is 9.59 Å². The molecule has 0 bridgehead atoms. The molecule has 2 rings (SSSR count). The van der Waals surface area contributed by atoms with Crippen LogP contribution in [0.3, 0.4) is 0 Å². The highest BCUT2D eigenvalue weighted by molar-refractivity contribution is 6.04. The van der Waals surface area contributed by atoms with Crippen LogP contribution in [0.5, 0.6) is 0 Å². The van der Waals surface area contributed by atoms with E-state index in [4.69, 9.17) is 4.42 Å². The summed E-state index contributed by atoms with van der Waals surface area (Å²) >= 11 is 0. The van der Waals surface area contributed by atoms with Gasteiger partial charge >= 0.3 is 0 Å². The van der Waals surface area contributed by atoms with E-state index in [-0.39, 0.29) is 18.4 Å². The number of hydrogen-bond donors (Lipinski definition) is 3. The molecule has 1 unspecified atom stereocenters. The van der Waals surface area contributed by atoms with Gasteiger partial charge < -0.3 is 20.2 Å². The van der Waals surface area contributed by atoms with Crippen LogP contribution in [0.2, 0.25) is 0 Å². The minimum Gasteiger partial charge on any atom is -0.467 e. The van der Waals surface area contributed by atoms with Gasteiger partial charge in [-0.05, 0) is 24.3 Å². The van der Waals surface area contributed by atoms with Gasteiger partial charge in [0.25, 0.3) is 5.91 Å². The number of benzene rings is 1. The number of aliphatic hydroxyl groups excluding tert-OH is 1. The first-order chi connectivity index (χ1) is 11.3.